The van der Waals surface area contributed by atoms with E-state index in [1.165, 1.54) is 12.1 Å². The summed E-state index contributed by atoms with van der Waals surface area (Å²) in [6, 6.07) is 11.1. The molecule has 1 amide bonds. The van der Waals surface area contributed by atoms with Crippen molar-refractivity contribution in [3.8, 4) is 0 Å². The number of hydrogen-bond acceptors (Lipinski definition) is 3. The van der Waals surface area contributed by atoms with Crippen LogP contribution in [0, 0.1) is 18.6 Å². The monoisotopic (exact) mass is 330 g/mol. The fraction of sp³-hybridized carbons (Fsp3) is 0.0588. The topological polar surface area (TPSA) is 41.5 Å². The SMILES string of the molecule is Cc1ccccc1N=C1NC(=O)C(=Cc2c(F)cccc2F)S1. The van der Waals surface area contributed by atoms with Crippen LogP contribution in [0.5, 0.6) is 0 Å². The lowest BCUT2D eigenvalue weighted by Gasteiger charge is -2.00. The number of aryl methyl sites for hydroxylation is 1. The molecule has 23 heavy (non-hydrogen) atoms. The molecular formula is C17H12F2N2OS. The van der Waals surface area contributed by atoms with E-state index >= 15 is 0 Å². The number of halogens is 2. The maximum atomic E-state index is 13.7. The van der Waals surface area contributed by atoms with E-state index in [9.17, 15) is 13.6 Å². The highest BCUT2D eigenvalue weighted by Crippen LogP contribution is 2.30. The first-order valence-corrected chi connectivity index (χ1v) is 7.65. The van der Waals surface area contributed by atoms with Crippen LogP contribution in [0.15, 0.2) is 52.4 Å². The third-order valence-electron chi connectivity index (χ3n) is 3.26. The highest BCUT2D eigenvalue weighted by atomic mass is 32.2. The molecule has 116 valence electrons. The third-order valence-corrected chi connectivity index (χ3v) is 4.17. The molecule has 2 aromatic rings. The molecule has 1 aliphatic rings. The van der Waals surface area contributed by atoms with Gasteiger partial charge in [0.15, 0.2) is 5.17 Å². The summed E-state index contributed by atoms with van der Waals surface area (Å²) in [6.07, 6.45) is 1.20. The molecule has 3 rings (SSSR count). The summed E-state index contributed by atoms with van der Waals surface area (Å²) >= 11 is 1.05. The molecular weight excluding hydrogens is 318 g/mol. The number of thioether (sulfide) groups is 1. The van der Waals surface area contributed by atoms with Crippen LogP contribution in [0.4, 0.5) is 14.5 Å². The third kappa shape index (κ3) is 3.32. The number of rotatable bonds is 2. The van der Waals surface area contributed by atoms with Crippen molar-refractivity contribution in [2.45, 2.75) is 6.92 Å². The van der Waals surface area contributed by atoms with Gasteiger partial charge in [0.2, 0.25) is 0 Å². The molecule has 1 fully saturated rings. The minimum Gasteiger partial charge on any atom is -0.300 e. The standard InChI is InChI=1S/C17H12F2N2OS/c1-10-5-2-3-8-14(10)20-17-21-16(22)15(23-17)9-11-12(18)6-4-7-13(11)19/h2-9H,1H3,(H,20,21,22). The van der Waals surface area contributed by atoms with Crippen molar-refractivity contribution < 1.29 is 13.6 Å². The van der Waals surface area contributed by atoms with Crippen LogP contribution in [0.25, 0.3) is 6.08 Å². The molecule has 0 atom stereocenters. The van der Waals surface area contributed by atoms with Crippen molar-refractivity contribution >= 4 is 34.6 Å². The average Bonchev–Trinajstić information content (AvgIpc) is 2.85. The molecule has 0 radical (unpaired) electrons. The van der Waals surface area contributed by atoms with Gasteiger partial charge in [-0.25, -0.2) is 13.8 Å². The van der Waals surface area contributed by atoms with Crippen LogP contribution in [0.1, 0.15) is 11.1 Å². The van der Waals surface area contributed by atoms with E-state index in [0.29, 0.717) is 5.17 Å². The van der Waals surface area contributed by atoms with Gasteiger partial charge in [-0.05, 0) is 48.5 Å². The molecule has 0 aromatic heterocycles. The molecule has 3 nitrogen and oxygen atoms in total. The first-order valence-electron chi connectivity index (χ1n) is 6.84. The summed E-state index contributed by atoms with van der Waals surface area (Å²) in [7, 11) is 0. The van der Waals surface area contributed by atoms with Crippen molar-refractivity contribution in [3.63, 3.8) is 0 Å². The molecule has 1 heterocycles. The van der Waals surface area contributed by atoms with Crippen molar-refractivity contribution in [1.29, 1.82) is 0 Å². The van der Waals surface area contributed by atoms with Gasteiger partial charge in [-0.3, -0.25) is 4.79 Å². The lowest BCUT2D eigenvalue weighted by molar-refractivity contribution is -0.115. The lowest BCUT2D eigenvalue weighted by Crippen LogP contribution is -2.19. The first-order chi connectivity index (χ1) is 11.0. The predicted octanol–water partition coefficient (Wildman–Crippen LogP) is 4.16. The van der Waals surface area contributed by atoms with Crippen molar-refractivity contribution in [1.82, 2.24) is 5.32 Å². The molecule has 0 aliphatic carbocycles. The number of para-hydroxylation sites is 1. The van der Waals surface area contributed by atoms with Gasteiger partial charge in [0.1, 0.15) is 11.6 Å². The zero-order valence-electron chi connectivity index (χ0n) is 12.1. The molecule has 0 saturated carbocycles. The first kappa shape index (κ1) is 15.4. The van der Waals surface area contributed by atoms with E-state index in [2.05, 4.69) is 10.3 Å². The van der Waals surface area contributed by atoms with Gasteiger partial charge in [-0.1, -0.05) is 24.3 Å². The van der Waals surface area contributed by atoms with Crippen LogP contribution in [0.2, 0.25) is 0 Å². The van der Waals surface area contributed by atoms with Crippen LogP contribution >= 0.6 is 11.8 Å². The molecule has 1 N–H and O–H groups in total. The maximum Gasteiger partial charge on any atom is 0.264 e. The molecule has 0 spiro atoms. The summed E-state index contributed by atoms with van der Waals surface area (Å²) in [4.78, 5) is 16.5. The molecule has 1 saturated heterocycles. The number of aliphatic imine (C=N–C) groups is 1. The van der Waals surface area contributed by atoms with Gasteiger partial charge >= 0.3 is 0 Å². The van der Waals surface area contributed by atoms with Crippen LogP contribution in [-0.2, 0) is 4.79 Å². The van der Waals surface area contributed by atoms with E-state index in [4.69, 9.17) is 0 Å². The summed E-state index contributed by atoms with van der Waals surface area (Å²) < 4.78 is 27.3. The van der Waals surface area contributed by atoms with Gasteiger partial charge in [-0.2, -0.15) is 0 Å². The number of hydrogen-bond donors (Lipinski definition) is 1. The summed E-state index contributed by atoms with van der Waals surface area (Å²) in [5.74, 6) is -1.85. The van der Waals surface area contributed by atoms with Gasteiger partial charge in [0.05, 0.1) is 10.6 Å². The van der Waals surface area contributed by atoms with Crippen molar-refractivity contribution in [2.75, 3.05) is 0 Å². The highest BCUT2D eigenvalue weighted by molar-refractivity contribution is 8.18. The second kappa shape index (κ2) is 6.34. The number of amides is 1. The zero-order valence-corrected chi connectivity index (χ0v) is 13.0. The van der Waals surface area contributed by atoms with E-state index in [0.717, 1.165) is 35.1 Å². The molecule has 1 aliphatic heterocycles. The van der Waals surface area contributed by atoms with Gasteiger partial charge in [0, 0.05) is 5.56 Å². The molecule has 0 bridgehead atoms. The highest BCUT2D eigenvalue weighted by Gasteiger charge is 2.25. The van der Waals surface area contributed by atoms with E-state index in [-0.39, 0.29) is 10.5 Å². The number of benzene rings is 2. The fourth-order valence-electron chi connectivity index (χ4n) is 2.06. The van der Waals surface area contributed by atoms with Crippen LogP contribution < -0.4 is 5.32 Å². The Hall–Kier alpha value is -2.47. The Morgan fingerprint density at radius 1 is 1.09 bits per heavy atom. The smallest absolute Gasteiger partial charge is 0.264 e. The van der Waals surface area contributed by atoms with Crippen molar-refractivity contribution in [2.24, 2.45) is 4.99 Å². The Balaban J connectivity index is 1.91. The largest absolute Gasteiger partial charge is 0.300 e. The Labute approximate surface area is 136 Å². The number of carbonyl (C=O) groups is 1. The second-order valence-electron chi connectivity index (χ2n) is 4.90. The van der Waals surface area contributed by atoms with Gasteiger partial charge in [-0.15, -0.1) is 0 Å². The van der Waals surface area contributed by atoms with Gasteiger partial charge in [0.25, 0.3) is 5.91 Å². The Morgan fingerprint density at radius 3 is 2.48 bits per heavy atom. The Kier molecular flexibility index (Phi) is 4.25. The Bertz CT molecular complexity index is 826. The molecule has 0 unspecified atom stereocenters. The van der Waals surface area contributed by atoms with Gasteiger partial charge < -0.3 is 5.32 Å². The minimum absolute atomic E-state index is 0.196. The van der Waals surface area contributed by atoms with Crippen molar-refractivity contribution in [3.05, 3.63) is 70.1 Å². The van der Waals surface area contributed by atoms with Crippen LogP contribution in [-0.4, -0.2) is 11.1 Å². The number of nitrogens with one attached hydrogen (secondary N) is 1. The number of nitrogens with zero attached hydrogens (tertiary/aromatic N) is 1. The summed E-state index contributed by atoms with van der Waals surface area (Å²) in [5, 5.41) is 2.98. The van der Waals surface area contributed by atoms with E-state index < -0.39 is 17.5 Å². The predicted molar refractivity (Wildman–Crippen MR) is 88.3 cm³/mol. The normalized spacial score (nSPS) is 17.8. The number of amidine groups is 1. The lowest BCUT2D eigenvalue weighted by atomic mass is 10.2. The second-order valence-corrected chi connectivity index (χ2v) is 5.93. The summed E-state index contributed by atoms with van der Waals surface area (Å²) in [6.45, 7) is 1.91. The number of carbonyl (C=O) groups excluding carboxylic acids is 1. The molecule has 2 aromatic carbocycles. The maximum absolute atomic E-state index is 13.7. The van der Waals surface area contributed by atoms with Crippen LogP contribution in [0.3, 0.4) is 0 Å². The quantitative estimate of drug-likeness (QED) is 0.840. The zero-order chi connectivity index (χ0) is 16.4. The fourth-order valence-corrected chi connectivity index (χ4v) is 2.88. The molecule has 6 heteroatoms. The van der Waals surface area contributed by atoms with E-state index in [1.54, 1.807) is 0 Å². The average molecular weight is 330 g/mol. The Morgan fingerprint density at radius 2 is 1.78 bits per heavy atom. The minimum atomic E-state index is -0.713. The summed E-state index contributed by atoms with van der Waals surface area (Å²) in [5.41, 5.74) is 1.46. The van der Waals surface area contributed by atoms with E-state index in [1.807, 2.05) is 31.2 Å².